The fraction of sp³-hybridized carbons (Fsp3) is 1.00. The first-order valence-corrected chi connectivity index (χ1v) is 8.05. The Balaban J connectivity index is 3.23. The molecule has 1 N–H and O–H groups in total. The van der Waals surface area contributed by atoms with Crippen molar-refractivity contribution in [1.29, 1.82) is 0 Å². The highest BCUT2D eigenvalue weighted by atomic mass is 16.5. The molecule has 18 heavy (non-hydrogen) atoms. The number of rotatable bonds is 13. The molecule has 0 spiro atoms. The zero-order chi connectivity index (χ0) is 13.6. The lowest BCUT2D eigenvalue weighted by atomic mass is 10.1. The van der Waals surface area contributed by atoms with E-state index < -0.39 is 0 Å². The Morgan fingerprint density at radius 1 is 0.889 bits per heavy atom. The first-order valence-electron chi connectivity index (χ1n) is 8.05. The molecule has 0 bridgehead atoms. The molecule has 2 heteroatoms. The predicted molar refractivity (Wildman–Crippen MR) is 81.2 cm³/mol. The van der Waals surface area contributed by atoms with Crippen molar-refractivity contribution < 1.29 is 4.74 Å². The predicted octanol–water partition coefficient (Wildman–Crippen LogP) is 4.53. The van der Waals surface area contributed by atoms with Crippen molar-refractivity contribution in [3.63, 3.8) is 0 Å². The van der Waals surface area contributed by atoms with Gasteiger partial charge in [-0.1, -0.05) is 52.4 Å². The highest BCUT2D eigenvalue weighted by Crippen LogP contribution is 2.05. The maximum absolute atomic E-state index is 5.81. The fourth-order valence-corrected chi connectivity index (χ4v) is 2.13. The molecule has 0 fully saturated rings. The van der Waals surface area contributed by atoms with Crippen molar-refractivity contribution in [1.82, 2.24) is 5.32 Å². The first-order chi connectivity index (χ1) is 8.70. The average molecular weight is 257 g/mol. The van der Waals surface area contributed by atoms with Crippen LogP contribution in [0.1, 0.15) is 79.1 Å². The SMILES string of the molecule is CCCCCCCCOC(C)CNC(C)CCC. The van der Waals surface area contributed by atoms with Crippen LogP contribution in [0, 0.1) is 0 Å². The summed E-state index contributed by atoms with van der Waals surface area (Å²) in [6, 6.07) is 0.620. The molecule has 0 radical (unpaired) electrons. The standard InChI is InChI=1S/C16H35NO/c1-5-7-8-9-10-11-13-18-16(4)14-17-15(3)12-6-2/h15-17H,5-14H2,1-4H3. The van der Waals surface area contributed by atoms with E-state index in [4.69, 9.17) is 4.74 Å². The van der Waals surface area contributed by atoms with Crippen molar-refractivity contribution in [3.8, 4) is 0 Å². The molecule has 2 nitrogen and oxygen atoms in total. The zero-order valence-electron chi connectivity index (χ0n) is 13.1. The molecule has 2 unspecified atom stereocenters. The van der Waals surface area contributed by atoms with Crippen molar-refractivity contribution >= 4 is 0 Å². The third kappa shape index (κ3) is 12.4. The number of hydrogen-bond donors (Lipinski definition) is 1. The number of hydrogen-bond acceptors (Lipinski definition) is 2. The summed E-state index contributed by atoms with van der Waals surface area (Å²) in [6.07, 6.45) is 10.9. The van der Waals surface area contributed by atoms with Gasteiger partial charge in [-0.3, -0.25) is 0 Å². The Morgan fingerprint density at radius 2 is 1.56 bits per heavy atom. The quantitative estimate of drug-likeness (QED) is 0.489. The lowest BCUT2D eigenvalue weighted by Crippen LogP contribution is -2.33. The fourth-order valence-electron chi connectivity index (χ4n) is 2.13. The van der Waals surface area contributed by atoms with Crippen LogP contribution in [0.25, 0.3) is 0 Å². The van der Waals surface area contributed by atoms with Gasteiger partial charge in [0.2, 0.25) is 0 Å². The molecule has 0 aromatic rings. The number of nitrogens with one attached hydrogen (secondary N) is 1. The van der Waals surface area contributed by atoms with Crippen LogP contribution in [0.2, 0.25) is 0 Å². The normalized spacial score (nSPS) is 14.7. The van der Waals surface area contributed by atoms with E-state index in [0.29, 0.717) is 12.1 Å². The minimum absolute atomic E-state index is 0.347. The molecule has 0 rings (SSSR count). The lowest BCUT2D eigenvalue weighted by molar-refractivity contribution is 0.0612. The van der Waals surface area contributed by atoms with Gasteiger partial charge in [0.15, 0.2) is 0 Å². The number of unbranched alkanes of at least 4 members (excludes halogenated alkanes) is 5. The summed E-state index contributed by atoms with van der Waals surface area (Å²) in [5.74, 6) is 0. The minimum atomic E-state index is 0.347. The van der Waals surface area contributed by atoms with E-state index in [0.717, 1.165) is 13.2 Å². The van der Waals surface area contributed by atoms with Gasteiger partial charge in [0, 0.05) is 19.2 Å². The van der Waals surface area contributed by atoms with Crippen LogP contribution >= 0.6 is 0 Å². The van der Waals surface area contributed by atoms with Crippen molar-refractivity contribution in [3.05, 3.63) is 0 Å². The van der Waals surface area contributed by atoms with Gasteiger partial charge in [-0.05, 0) is 26.7 Å². The maximum Gasteiger partial charge on any atom is 0.0671 e. The second-order valence-corrected chi connectivity index (χ2v) is 5.55. The molecule has 0 aliphatic rings. The van der Waals surface area contributed by atoms with E-state index in [9.17, 15) is 0 Å². The number of ether oxygens (including phenoxy) is 1. The van der Waals surface area contributed by atoms with E-state index in [1.54, 1.807) is 0 Å². The lowest BCUT2D eigenvalue weighted by Gasteiger charge is -2.17. The molecule has 0 saturated carbocycles. The molecule has 110 valence electrons. The molecule has 0 saturated heterocycles. The Hall–Kier alpha value is -0.0800. The van der Waals surface area contributed by atoms with E-state index in [-0.39, 0.29) is 0 Å². The molecule has 0 aromatic heterocycles. The van der Waals surface area contributed by atoms with E-state index in [2.05, 4.69) is 33.0 Å². The highest BCUT2D eigenvalue weighted by Gasteiger charge is 2.04. The van der Waals surface area contributed by atoms with Crippen LogP contribution in [-0.2, 0) is 4.74 Å². The Labute approximate surface area is 115 Å². The molecule has 0 heterocycles. The second kappa shape index (κ2) is 13.4. The summed E-state index contributed by atoms with van der Waals surface area (Å²) in [4.78, 5) is 0. The van der Waals surface area contributed by atoms with Gasteiger partial charge >= 0.3 is 0 Å². The molecule has 0 aliphatic heterocycles. The third-order valence-electron chi connectivity index (χ3n) is 3.38. The van der Waals surface area contributed by atoms with E-state index in [1.165, 1.54) is 51.4 Å². The topological polar surface area (TPSA) is 21.3 Å². The van der Waals surface area contributed by atoms with Crippen LogP contribution in [-0.4, -0.2) is 25.3 Å². The first kappa shape index (κ1) is 17.9. The van der Waals surface area contributed by atoms with Crippen molar-refractivity contribution in [2.75, 3.05) is 13.2 Å². The molecular formula is C16H35NO. The molecular weight excluding hydrogens is 222 g/mol. The molecule has 0 aliphatic carbocycles. The Kier molecular flexibility index (Phi) is 13.3. The van der Waals surface area contributed by atoms with E-state index in [1.807, 2.05) is 0 Å². The minimum Gasteiger partial charge on any atom is -0.377 e. The van der Waals surface area contributed by atoms with Gasteiger partial charge in [0.1, 0.15) is 0 Å². The van der Waals surface area contributed by atoms with Gasteiger partial charge in [0.05, 0.1) is 6.10 Å². The largest absolute Gasteiger partial charge is 0.377 e. The van der Waals surface area contributed by atoms with Crippen molar-refractivity contribution in [2.24, 2.45) is 0 Å². The summed E-state index contributed by atoms with van der Waals surface area (Å²) >= 11 is 0. The van der Waals surface area contributed by atoms with Crippen LogP contribution in [0.15, 0.2) is 0 Å². The van der Waals surface area contributed by atoms with Gasteiger partial charge in [0.25, 0.3) is 0 Å². The highest BCUT2D eigenvalue weighted by molar-refractivity contribution is 4.63. The van der Waals surface area contributed by atoms with Crippen LogP contribution < -0.4 is 5.32 Å². The third-order valence-corrected chi connectivity index (χ3v) is 3.38. The van der Waals surface area contributed by atoms with Crippen LogP contribution in [0.5, 0.6) is 0 Å². The van der Waals surface area contributed by atoms with Gasteiger partial charge in [-0.15, -0.1) is 0 Å². The summed E-state index contributed by atoms with van der Waals surface area (Å²) in [7, 11) is 0. The van der Waals surface area contributed by atoms with Crippen LogP contribution in [0.4, 0.5) is 0 Å². The zero-order valence-corrected chi connectivity index (χ0v) is 13.1. The van der Waals surface area contributed by atoms with Gasteiger partial charge < -0.3 is 10.1 Å². The maximum atomic E-state index is 5.81. The average Bonchev–Trinajstić information content (AvgIpc) is 2.35. The summed E-state index contributed by atoms with van der Waals surface area (Å²) in [6.45, 7) is 10.8. The van der Waals surface area contributed by atoms with Gasteiger partial charge in [-0.2, -0.15) is 0 Å². The molecule has 0 aromatic carbocycles. The van der Waals surface area contributed by atoms with Crippen molar-refractivity contribution in [2.45, 2.75) is 91.2 Å². The monoisotopic (exact) mass is 257 g/mol. The second-order valence-electron chi connectivity index (χ2n) is 5.55. The summed E-state index contributed by atoms with van der Waals surface area (Å²) in [5.41, 5.74) is 0. The Morgan fingerprint density at radius 3 is 2.22 bits per heavy atom. The Bertz CT molecular complexity index is 161. The molecule has 2 atom stereocenters. The van der Waals surface area contributed by atoms with Crippen LogP contribution in [0.3, 0.4) is 0 Å². The summed E-state index contributed by atoms with van der Waals surface area (Å²) < 4.78 is 5.81. The molecule has 0 amide bonds. The smallest absolute Gasteiger partial charge is 0.0671 e. The summed E-state index contributed by atoms with van der Waals surface area (Å²) in [5, 5.41) is 3.53. The van der Waals surface area contributed by atoms with Gasteiger partial charge in [-0.25, -0.2) is 0 Å². The van der Waals surface area contributed by atoms with E-state index >= 15 is 0 Å².